The van der Waals surface area contributed by atoms with E-state index in [2.05, 4.69) is 30.2 Å². The van der Waals surface area contributed by atoms with Crippen LogP contribution in [-0.4, -0.2) is 29.7 Å². The maximum Gasteiger partial charge on any atom is 0.0496 e. The highest BCUT2D eigenvalue weighted by Crippen LogP contribution is 2.28. The van der Waals surface area contributed by atoms with E-state index in [1.807, 2.05) is 11.3 Å². The van der Waals surface area contributed by atoms with Crippen molar-refractivity contribution in [1.82, 2.24) is 4.90 Å². The van der Waals surface area contributed by atoms with Crippen molar-refractivity contribution in [1.29, 1.82) is 0 Å². The summed E-state index contributed by atoms with van der Waals surface area (Å²) in [7, 11) is 0. The molecule has 16 heavy (non-hydrogen) atoms. The van der Waals surface area contributed by atoms with Gasteiger partial charge in [-0.05, 0) is 29.9 Å². The lowest BCUT2D eigenvalue weighted by Gasteiger charge is -2.35. The van der Waals surface area contributed by atoms with Crippen LogP contribution >= 0.6 is 11.3 Å². The molecule has 1 unspecified atom stereocenters. The van der Waals surface area contributed by atoms with Crippen molar-refractivity contribution in [2.45, 2.75) is 33.2 Å². The molecule has 0 saturated heterocycles. The average Bonchev–Trinajstić information content (AvgIpc) is 2.76. The zero-order valence-corrected chi connectivity index (χ0v) is 11.0. The Morgan fingerprint density at radius 1 is 1.56 bits per heavy atom. The summed E-state index contributed by atoms with van der Waals surface area (Å²) in [6, 6.07) is 2.24. The van der Waals surface area contributed by atoms with Crippen LogP contribution in [0.2, 0.25) is 0 Å². The van der Waals surface area contributed by atoms with Crippen LogP contribution in [0.15, 0.2) is 11.4 Å². The van der Waals surface area contributed by atoms with Gasteiger partial charge in [-0.25, -0.2) is 0 Å². The minimum absolute atomic E-state index is 0.0630. The molecule has 1 aromatic rings. The highest BCUT2D eigenvalue weighted by Gasteiger charge is 2.26. The number of thiophene rings is 1. The summed E-state index contributed by atoms with van der Waals surface area (Å²) < 4.78 is 0. The molecule has 1 aliphatic rings. The Morgan fingerprint density at radius 2 is 2.38 bits per heavy atom. The number of hydrogen-bond donors (Lipinski definition) is 1. The molecule has 2 heterocycles. The minimum atomic E-state index is 0.0630. The number of aliphatic hydroxyl groups excluding tert-OH is 1. The van der Waals surface area contributed by atoms with Crippen LogP contribution in [0.25, 0.3) is 0 Å². The summed E-state index contributed by atoms with van der Waals surface area (Å²) in [6.45, 7) is 7.84. The summed E-state index contributed by atoms with van der Waals surface area (Å²) >= 11 is 1.88. The smallest absolute Gasteiger partial charge is 0.0496 e. The molecule has 1 N–H and O–H groups in total. The first-order valence-corrected chi connectivity index (χ1v) is 6.93. The lowest BCUT2D eigenvalue weighted by molar-refractivity contribution is 0.0789. The molecule has 0 amide bonds. The van der Waals surface area contributed by atoms with Gasteiger partial charge in [0, 0.05) is 36.5 Å². The van der Waals surface area contributed by atoms with E-state index < -0.39 is 0 Å². The first-order valence-electron chi connectivity index (χ1n) is 6.05. The van der Waals surface area contributed by atoms with Crippen molar-refractivity contribution in [2.24, 2.45) is 5.41 Å². The van der Waals surface area contributed by atoms with E-state index in [1.165, 1.54) is 12.0 Å². The van der Waals surface area contributed by atoms with Crippen molar-refractivity contribution in [2.75, 3.05) is 19.7 Å². The lowest BCUT2D eigenvalue weighted by atomic mass is 9.87. The number of rotatable bonds is 4. The van der Waals surface area contributed by atoms with Gasteiger partial charge in [-0.3, -0.25) is 4.90 Å². The second-order valence-electron chi connectivity index (χ2n) is 5.15. The van der Waals surface area contributed by atoms with Crippen LogP contribution in [0.4, 0.5) is 0 Å². The highest BCUT2D eigenvalue weighted by atomic mass is 32.1. The van der Waals surface area contributed by atoms with Crippen molar-refractivity contribution in [3.8, 4) is 0 Å². The summed E-state index contributed by atoms with van der Waals surface area (Å²) in [4.78, 5) is 4.04. The van der Waals surface area contributed by atoms with Crippen LogP contribution in [0.3, 0.4) is 0 Å². The lowest BCUT2D eigenvalue weighted by Crippen LogP contribution is -2.40. The van der Waals surface area contributed by atoms with Crippen LogP contribution in [-0.2, 0) is 13.0 Å². The summed E-state index contributed by atoms with van der Waals surface area (Å²) in [5, 5.41) is 11.6. The molecule has 0 aromatic carbocycles. The van der Waals surface area contributed by atoms with E-state index in [9.17, 15) is 5.11 Å². The first-order chi connectivity index (χ1) is 7.67. The van der Waals surface area contributed by atoms with Gasteiger partial charge >= 0.3 is 0 Å². The first kappa shape index (κ1) is 12.1. The fourth-order valence-corrected chi connectivity index (χ4v) is 3.14. The van der Waals surface area contributed by atoms with Gasteiger partial charge in [0.1, 0.15) is 0 Å². The van der Waals surface area contributed by atoms with Crippen molar-refractivity contribution in [3.05, 3.63) is 21.9 Å². The van der Waals surface area contributed by atoms with Gasteiger partial charge in [0.25, 0.3) is 0 Å². The predicted molar refractivity (Wildman–Crippen MR) is 68.8 cm³/mol. The van der Waals surface area contributed by atoms with Gasteiger partial charge in [-0.1, -0.05) is 13.8 Å². The standard InChI is InChI=1S/C13H21NOS/c1-3-13(2,10-15)9-14-6-4-12-11(8-14)5-7-16-12/h5,7,15H,3-4,6,8-10H2,1-2H3. The Morgan fingerprint density at radius 3 is 3.06 bits per heavy atom. The number of hydrogen-bond acceptors (Lipinski definition) is 3. The zero-order valence-electron chi connectivity index (χ0n) is 10.2. The molecule has 1 aliphatic heterocycles. The SMILES string of the molecule is CCC(C)(CO)CN1CCc2sccc2C1. The number of nitrogens with zero attached hydrogens (tertiary/aromatic N) is 1. The third kappa shape index (κ3) is 2.47. The summed E-state index contributed by atoms with van der Waals surface area (Å²) in [6.07, 6.45) is 2.22. The van der Waals surface area contributed by atoms with E-state index in [1.54, 1.807) is 4.88 Å². The van der Waals surface area contributed by atoms with Crippen LogP contribution < -0.4 is 0 Å². The van der Waals surface area contributed by atoms with Gasteiger partial charge in [-0.2, -0.15) is 0 Å². The fourth-order valence-electron chi connectivity index (χ4n) is 2.26. The molecule has 0 radical (unpaired) electrons. The molecule has 0 bridgehead atoms. The van der Waals surface area contributed by atoms with Crippen molar-refractivity contribution < 1.29 is 5.11 Å². The second kappa shape index (κ2) is 4.86. The number of aliphatic hydroxyl groups is 1. The average molecular weight is 239 g/mol. The molecular weight excluding hydrogens is 218 g/mol. The second-order valence-corrected chi connectivity index (χ2v) is 6.15. The van der Waals surface area contributed by atoms with Crippen LogP contribution in [0.5, 0.6) is 0 Å². The minimum Gasteiger partial charge on any atom is -0.396 e. The third-order valence-electron chi connectivity index (χ3n) is 3.73. The molecule has 3 heteroatoms. The molecular formula is C13H21NOS. The zero-order chi connectivity index (χ0) is 11.6. The fraction of sp³-hybridized carbons (Fsp3) is 0.692. The number of fused-ring (bicyclic) bond motifs is 1. The maximum absolute atomic E-state index is 9.45. The summed E-state index contributed by atoms with van der Waals surface area (Å²) in [5.74, 6) is 0. The highest BCUT2D eigenvalue weighted by molar-refractivity contribution is 7.10. The summed E-state index contributed by atoms with van der Waals surface area (Å²) in [5.41, 5.74) is 1.56. The molecule has 1 atom stereocenters. The molecule has 1 aromatic heterocycles. The Bertz CT molecular complexity index is 343. The normalized spacial score (nSPS) is 20.4. The van der Waals surface area contributed by atoms with Crippen LogP contribution in [0, 0.1) is 5.41 Å². The Hall–Kier alpha value is -0.380. The molecule has 2 rings (SSSR count). The van der Waals surface area contributed by atoms with Gasteiger partial charge < -0.3 is 5.11 Å². The largest absolute Gasteiger partial charge is 0.396 e. The molecule has 2 nitrogen and oxygen atoms in total. The molecule has 90 valence electrons. The van der Waals surface area contributed by atoms with E-state index in [-0.39, 0.29) is 12.0 Å². The monoisotopic (exact) mass is 239 g/mol. The van der Waals surface area contributed by atoms with Gasteiger partial charge in [-0.15, -0.1) is 11.3 Å². The molecule has 0 spiro atoms. The molecule has 0 fully saturated rings. The predicted octanol–water partition coefficient (Wildman–Crippen LogP) is 2.51. The van der Waals surface area contributed by atoms with Gasteiger partial charge in [0.05, 0.1) is 0 Å². The van der Waals surface area contributed by atoms with Crippen molar-refractivity contribution in [3.63, 3.8) is 0 Å². The van der Waals surface area contributed by atoms with E-state index >= 15 is 0 Å². The van der Waals surface area contributed by atoms with Crippen molar-refractivity contribution >= 4 is 11.3 Å². The van der Waals surface area contributed by atoms with Crippen LogP contribution in [0.1, 0.15) is 30.7 Å². The maximum atomic E-state index is 9.45. The quantitative estimate of drug-likeness (QED) is 0.872. The third-order valence-corrected chi connectivity index (χ3v) is 4.75. The topological polar surface area (TPSA) is 23.5 Å². The van der Waals surface area contributed by atoms with E-state index in [4.69, 9.17) is 0 Å². The Labute approximate surface area is 102 Å². The van der Waals surface area contributed by atoms with E-state index in [0.29, 0.717) is 0 Å². The van der Waals surface area contributed by atoms with Gasteiger partial charge in [0.2, 0.25) is 0 Å². The Balaban J connectivity index is 1.99. The molecule has 0 aliphatic carbocycles. The van der Waals surface area contributed by atoms with Gasteiger partial charge in [0.15, 0.2) is 0 Å². The Kier molecular flexibility index (Phi) is 3.67. The molecule has 0 saturated carbocycles. The van der Waals surface area contributed by atoms with E-state index in [0.717, 1.165) is 26.1 Å².